The molecule has 0 bridgehead atoms. The van der Waals surface area contributed by atoms with E-state index in [1.807, 2.05) is 0 Å². The van der Waals surface area contributed by atoms with Crippen LogP contribution in [0.1, 0.15) is 34.1 Å². The molecule has 0 heterocycles. The van der Waals surface area contributed by atoms with Crippen molar-refractivity contribution in [1.82, 2.24) is 0 Å². The molecule has 0 rings (SSSR count). The Morgan fingerprint density at radius 3 is 1.85 bits per heavy atom. The van der Waals surface area contributed by atoms with Gasteiger partial charge < -0.3 is 23.4 Å². The topological polar surface area (TPSA) is 9.23 Å². The zero-order chi connectivity index (χ0) is 8.91. The third kappa shape index (κ3) is 8.24. The summed E-state index contributed by atoms with van der Waals surface area (Å²) >= 11 is 0. The molecule has 13 heavy (non-hydrogen) atoms. The Bertz CT molecular complexity index is 110. The van der Waals surface area contributed by atoms with E-state index in [1.165, 1.54) is 0 Å². The molecule has 0 aromatic rings. The Balaban J connectivity index is -0.000000500. The second kappa shape index (κ2) is 9.78. The Kier molecular flexibility index (Phi) is 14.9. The van der Waals surface area contributed by atoms with E-state index < -0.39 is 8.32 Å². The third-order valence-corrected chi connectivity index (χ3v) is 5.79. The molecule has 0 saturated carbocycles. The molecule has 0 aliphatic carbocycles. The summed E-state index contributed by atoms with van der Waals surface area (Å²) in [6.07, 6.45) is 1.50. The van der Waals surface area contributed by atoms with Crippen LogP contribution < -0.4 is 12.4 Å². The van der Waals surface area contributed by atoms with Gasteiger partial charge in [0.15, 0.2) is 0 Å². The summed E-state index contributed by atoms with van der Waals surface area (Å²) in [6.45, 7) is 12.9. The van der Waals surface area contributed by atoms with Crippen molar-refractivity contribution in [2.24, 2.45) is 0 Å². The molecule has 0 aromatic heterocycles. The maximum Gasteiger partial charge on any atom is 2.00 e. The molecule has 4 heteroatoms. The van der Waals surface area contributed by atoms with Gasteiger partial charge in [0.1, 0.15) is 0 Å². The van der Waals surface area contributed by atoms with Crippen LogP contribution in [0.4, 0.5) is 0 Å². The van der Waals surface area contributed by atoms with Gasteiger partial charge in [-0.15, -0.1) is 0 Å². The molecule has 0 spiro atoms. The molecule has 0 fully saturated rings. The minimum atomic E-state index is -1.53. The van der Waals surface area contributed by atoms with Gasteiger partial charge in [-0.3, -0.25) is 0 Å². The summed E-state index contributed by atoms with van der Waals surface area (Å²) < 4.78 is 5.91. The Hall–Kier alpha value is 1.23. The maximum atomic E-state index is 5.91. The summed E-state index contributed by atoms with van der Waals surface area (Å²) in [5.74, 6) is 0. The van der Waals surface area contributed by atoms with Crippen LogP contribution in [-0.4, -0.2) is 37.5 Å². The van der Waals surface area contributed by atoms with E-state index in [4.69, 9.17) is 4.43 Å². The van der Waals surface area contributed by atoms with Gasteiger partial charge in [-0.1, -0.05) is 32.9 Å². The first kappa shape index (κ1) is 19.8. The first-order chi connectivity index (χ1) is 5.08. The molecule has 1 unspecified atom stereocenters. The van der Waals surface area contributed by atoms with E-state index in [9.17, 15) is 0 Å². The Labute approximate surface area is 107 Å². The average Bonchev–Trinajstić information content (AvgIpc) is 2.04. The van der Waals surface area contributed by atoms with E-state index in [1.54, 1.807) is 0 Å². The van der Waals surface area contributed by atoms with Crippen molar-refractivity contribution in [3.8, 4) is 0 Å². The maximum absolute atomic E-state index is 5.91. The van der Waals surface area contributed by atoms with Crippen LogP contribution in [0.3, 0.4) is 0 Å². The molecule has 0 aliphatic heterocycles. The monoisotopic (exact) mass is 232 g/mol. The SMILES string of the molecule is [CH2-][Si](CC)(CC)OC(C)CC.[Cl-].[Mg+2]. The third-order valence-electron chi connectivity index (χ3n) is 2.31. The summed E-state index contributed by atoms with van der Waals surface area (Å²) in [7, 11) is -1.53. The molecule has 1 atom stereocenters. The predicted molar refractivity (Wildman–Crippen MR) is 58.7 cm³/mol. The first-order valence-electron chi connectivity index (χ1n) is 4.61. The van der Waals surface area contributed by atoms with Crippen LogP contribution in [0.2, 0.25) is 12.1 Å². The fourth-order valence-corrected chi connectivity index (χ4v) is 2.78. The number of hydrogen-bond donors (Lipinski definition) is 0. The Morgan fingerprint density at radius 1 is 1.23 bits per heavy atom. The number of halogens is 1. The van der Waals surface area contributed by atoms with Crippen molar-refractivity contribution >= 4 is 31.4 Å². The van der Waals surface area contributed by atoms with Gasteiger partial charge in [-0.05, 0) is 13.3 Å². The van der Waals surface area contributed by atoms with Gasteiger partial charge in [0.05, 0.1) is 0 Å². The number of rotatable bonds is 5. The molecule has 0 aliphatic rings. The van der Waals surface area contributed by atoms with E-state index in [2.05, 4.69) is 34.2 Å². The molecule has 0 N–H and O–H groups in total. The first-order valence-corrected chi connectivity index (χ1v) is 7.14. The molecule has 0 saturated heterocycles. The molecular weight excluding hydrogens is 212 g/mol. The van der Waals surface area contributed by atoms with Crippen LogP contribution in [0, 0.1) is 6.55 Å². The van der Waals surface area contributed by atoms with Gasteiger partial charge in [0, 0.05) is 14.4 Å². The van der Waals surface area contributed by atoms with Crippen LogP contribution in [0.5, 0.6) is 0 Å². The van der Waals surface area contributed by atoms with E-state index >= 15 is 0 Å². The fourth-order valence-electron chi connectivity index (χ4n) is 0.927. The normalized spacial score (nSPS) is 12.7. The molecule has 1 nitrogen and oxygen atoms in total. The van der Waals surface area contributed by atoms with Crippen molar-refractivity contribution in [3.05, 3.63) is 6.55 Å². The summed E-state index contributed by atoms with van der Waals surface area (Å²) in [5.41, 5.74) is 0. The van der Waals surface area contributed by atoms with Crippen LogP contribution in [0.25, 0.3) is 0 Å². The smallest absolute Gasteiger partial charge is 1.00 e. The van der Waals surface area contributed by atoms with Gasteiger partial charge in [-0.25, -0.2) is 0 Å². The van der Waals surface area contributed by atoms with Gasteiger partial charge >= 0.3 is 23.1 Å². The average molecular weight is 233 g/mol. The van der Waals surface area contributed by atoms with Crippen LogP contribution in [-0.2, 0) is 4.43 Å². The van der Waals surface area contributed by atoms with Gasteiger partial charge in [0.2, 0.25) is 0 Å². The molecule has 0 amide bonds. The largest absolute Gasteiger partial charge is 2.00 e. The minimum Gasteiger partial charge on any atom is -1.00 e. The van der Waals surface area contributed by atoms with Gasteiger partial charge in [-0.2, -0.15) is 0 Å². The van der Waals surface area contributed by atoms with Crippen LogP contribution in [0.15, 0.2) is 0 Å². The molecule has 0 aromatic carbocycles. The minimum absolute atomic E-state index is 0. The summed E-state index contributed by atoms with van der Waals surface area (Å²) in [4.78, 5) is 0. The van der Waals surface area contributed by atoms with Crippen molar-refractivity contribution in [1.29, 1.82) is 0 Å². The zero-order valence-corrected chi connectivity index (χ0v) is 12.6. The fraction of sp³-hybridized carbons (Fsp3) is 0.889. The second-order valence-electron chi connectivity index (χ2n) is 3.23. The molecule has 0 radical (unpaired) electrons. The quantitative estimate of drug-likeness (QED) is 0.471. The summed E-state index contributed by atoms with van der Waals surface area (Å²) in [6, 6.07) is 2.27. The number of hydrogen-bond acceptors (Lipinski definition) is 1. The predicted octanol–water partition coefficient (Wildman–Crippen LogP) is -0.217. The zero-order valence-electron chi connectivity index (χ0n) is 9.40. The second-order valence-corrected chi connectivity index (χ2v) is 7.24. The van der Waals surface area contributed by atoms with Crippen LogP contribution >= 0.6 is 0 Å². The van der Waals surface area contributed by atoms with Crippen molar-refractivity contribution in [2.45, 2.75) is 52.3 Å². The van der Waals surface area contributed by atoms with E-state index in [-0.39, 0.29) is 35.5 Å². The van der Waals surface area contributed by atoms with E-state index in [0.29, 0.717) is 6.10 Å². The van der Waals surface area contributed by atoms with Crippen molar-refractivity contribution in [2.75, 3.05) is 0 Å². The van der Waals surface area contributed by atoms with Crippen molar-refractivity contribution < 1.29 is 16.8 Å². The van der Waals surface area contributed by atoms with Gasteiger partial charge in [0.25, 0.3) is 0 Å². The van der Waals surface area contributed by atoms with E-state index in [0.717, 1.165) is 18.5 Å². The standard InChI is InChI=1S/C9H21OSi.ClH.Mg/c1-6-9(4)10-11(5,7-2)8-3;;/h9H,5-8H2,1-4H3;1H;/q-1;;+2/p-1. The molecular formula is C9H21ClMgOSi. The summed E-state index contributed by atoms with van der Waals surface area (Å²) in [5, 5.41) is 0. The Morgan fingerprint density at radius 2 is 1.62 bits per heavy atom. The molecule has 76 valence electrons. The van der Waals surface area contributed by atoms with Crippen molar-refractivity contribution in [3.63, 3.8) is 0 Å².